The highest BCUT2D eigenvalue weighted by molar-refractivity contribution is 5.90. The summed E-state index contributed by atoms with van der Waals surface area (Å²) < 4.78 is 21.5. The second-order valence-corrected chi connectivity index (χ2v) is 6.79. The van der Waals surface area contributed by atoms with Crippen LogP contribution in [0.25, 0.3) is 0 Å². The number of carbonyl (C=O) groups excluding carboxylic acids is 2. The van der Waals surface area contributed by atoms with Crippen LogP contribution >= 0.6 is 0 Å². The van der Waals surface area contributed by atoms with Crippen molar-refractivity contribution in [3.05, 3.63) is 59.2 Å². The van der Waals surface area contributed by atoms with Crippen molar-refractivity contribution in [1.29, 1.82) is 0 Å². The smallest absolute Gasteiger partial charge is 0.349 e. The van der Waals surface area contributed by atoms with E-state index < -0.39 is 11.9 Å². The molecule has 6 heteroatoms. The van der Waals surface area contributed by atoms with Crippen LogP contribution in [0.5, 0.6) is 11.5 Å². The zero-order valence-electron chi connectivity index (χ0n) is 16.1. The van der Waals surface area contributed by atoms with E-state index in [2.05, 4.69) is 0 Å². The Labute approximate surface area is 164 Å². The molecule has 0 saturated carbocycles. The number of aryl methyl sites for hydroxylation is 2. The molecule has 148 valence electrons. The molecule has 0 bridgehead atoms. The average Bonchev–Trinajstić information content (AvgIpc) is 3.19. The zero-order valence-corrected chi connectivity index (χ0v) is 16.1. The molecule has 1 aliphatic rings. The number of carbonyl (C=O) groups is 2. The van der Waals surface area contributed by atoms with Crippen LogP contribution in [0.3, 0.4) is 0 Å². The quantitative estimate of drug-likeness (QED) is 0.536. The van der Waals surface area contributed by atoms with E-state index in [4.69, 9.17) is 18.9 Å². The second kappa shape index (κ2) is 9.37. The highest BCUT2D eigenvalue weighted by Crippen LogP contribution is 2.19. The fourth-order valence-electron chi connectivity index (χ4n) is 2.97. The van der Waals surface area contributed by atoms with Gasteiger partial charge in [-0.1, -0.05) is 23.8 Å². The van der Waals surface area contributed by atoms with E-state index in [0.29, 0.717) is 17.9 Å². The molecule has 1 atom stereocenters. The second-order valence-electron chi connectivity index (χ2n) is 6.79. The highest BCUT2D eigenvalue weighted by atomic mass is 16.6. The minimum absolute atomic E-state index is 0.0349. The normalized spacial score (nSPS) is 15.9. The Balaban J connectivity index is 1.51. The summed E-state index contributed by atoms with van der Waals surface area (Å²) in [5, 5.41) is 0. The van der Waals surface area contributed by atoms with Crippen LogP contribution in [0.4, 0.5) is 0 Å². The molecule has 2 aromatic rings. The molecule has 0 radical (unpaired) electrons. The fourth-order valence-corrected chi connectivity index (χ4v) is 2.97. The predicted molar refractivity (Wildman–Crippen MR) is 103 cm³/mol. The number of hydrogen-bond acceptors (Lipinski definition) is 6. The maximum Gasteiger partial charge on any atom is 0.349 e. The summed E-state index contributed by atoms with van der Waals surface area (Å²) in [6.45, 7) is 4.62. The monoisotopic (exact) mass is 384 g/mol. The van der Waals surface area contributed by atoms with E-state index in [1.807, 2.05) is 32.0 Å². The van der Waals surface area contributed by atoms with Crippen molar-refractivity contribution in [2.45, 2.75) is 32.8 Å². The van der Waals surface area contributed by atoms with Gasteiger partial charge in [0.1, 0.15) is 18.1 Å². The molecule has 3 rings (SSSR count). The van der Waals surface area contributed by atoms with Crippen LogP contribution in [-0.4, -0.2) is 37.9 Å². The predicted octanol–water partition coefficient (Wildman–Crippen LogP) is 3.62. The molecule has 0 N–H and O–H groups in total. The first-order valence-electron chi connectivity index (χ1n) is 9.31. The minimum atomic E-state index is -0.551. The first-order valence-corrected chi connectivity index (χ1v) is 9.31. The molecule has 1 saturated heterocycles. The van der Waals surface area contributed by atoms with E-state index in [0.717, 1.165) is 24.0 Å². The Morgan fingerprint density at radius 1 is 1.14 bits per heavy atom. The fraction of sp³-hybridized carbons (Fsp3) is 0.364. The maximum absolute atomic E-state index is 12.2. The van der Waals surface area contributed by atoms with E-state index in [1.54, 1.807) is 18.2 Å². The van der Waals surface area contributed by atoms with E-state index in [-0.39, 0.29) is 25.1 Å². The van der Waals surface area contributed by atoms with Gasteiger partial charge in [-0.05, 0) is 56.5 Å². The van der Waals surface area contributed by atoms with Crippen molar-refractivity contribution >= 4 is 11.9 Å². The number of benzene rings is 2. The van der Waals surface area contributed by atoms with Crippen LogP contribution in [0.2, 0.25) is 0 Å². The lowest BCUT2D eigenvalue weighted by atomic mass is 10.1. The topological polar surface area (TPSA) is 71.1 Å². The van der Waals surface area contributed by atoms with Crippen LogP contribution in [0.15, 0.2) is 42.5 Å². The summed E-state index contributed by atoms with van der Waals surface area (Å²) in [5.74, 6) is -0.125. The Morgan fingerprint density at radius 2 is 2.00 bits per heavy atom. The van der Waals surface area contributed by atoms with Crippen molar-refractivity contribution in [3.63, 3.8) is 0 Å². The van der Waals surface area contributed by atoms with Gasteiger partial charge in [-0.25, -0.2) is 9.59 Å². The standard InChI is InChI=1S/C22H24O6/c1-15-8-9-20(16(2)11-15)26-14-21(23)28-18-6-3-5-17(12-18)22(24)27-13-19-7-4-10-25-19/h3,5-6,8-9,11-12,19H,4,7,10,13-14H2,1-2H3. The molecular weight excluding hydrogens is 360 g/mol. The van der Waals surface area contributed by atoms with Gasteiger partial charge in [0.25, 0.3) is 0 Å². The molecule has 0 aromatic heterocycles. The zero-order chi connectivity index (χ0) is 19.9. The molecule has 1 unspecified atom stereocenters. The van der Waals surface area contributed by atoms with Gasteiger partial charge in [0.15, 0.2) is 6.61 Å². The molecule has 1 heterocycles. The summed E-state index contributed by atoms with van der Waals surface area (Å²) in [4.78, 5) is 24.2. The largest absolute Gasteiger partial charge is 0.482 e. The number of hydrogen-bond donors (Lipinski definition) is 0. The van der Waals surface area contributed by atoms with Crippen molar-refractivity contribution in [2.75, 3.05) is 19.8 Å². The summed E-state index contributed by atoms with van der Waals surface area (Å²) >= 11 is 0. The van der Waals surface area contributed by atoms with Crippen LogP contribution in [0.1, 0.15) is 34.3 Å². The Hall–Kier alpha value is -2.86. The maximum atomic E-state index is 12.2. The van der Waals surface area contributed by atoms with Crippen LogP contribution < -0.4 is 9.47 Å². The van der Waals surface area contributed by atoms with E-state index >= 15 is 0 Å². The van der Waals surface area contributed by atoms with E-state index in [1.165, 1.54) is 6.07 Å². The SMILES string of the molecule is Cc1ccc(OCC(=O)Oc2cccc(C(=O)OCC3CCCO3)c2)c(C)c1. The molecule has 2 aromatic carbocycles. The van der Waals surface area contributed by atoms with Crippen molar-refractivity contribution in [1.82, 2.24) is 0 Å². The molecule has 0 amide bonds. The van der Waals surface area contributed by atoms with Crippen molar-refractivity contribution in [2.24, 2.45) is 0 Å². The molecule has 0 aliphatic carbocycles. The van der Waals surface area contributed by atoms with Gasteiger partial charge in [-0.15, -0.1) is 0 Å². The first-order chi connectivity index (χ1) is 13.5. The van der Waals surface area contributed by atoms with Gasteiger partial charge in [0, 0.05) is 6.61 Å². The number of esters is 2. The van der Waals surface area contributed by atoms with Gasteiger partial charge in [-0.3, -0.25) is 0 Å². The molecule has 6 nitrogen and oxygen atoms in total. The van der Waals surface area contributed by atoms with Crippen LogP contribution in [-0.2, 0) is 14.3 Å². The van der Waals surface area contributed by atoms with Gasteiger partial charge < -0.3 is 18.9 Å². The molecule has 28 heavy (non-hydrogen) atoms. The average molecular weight is 384 g/mol. The lowest BCUT2D eigenvalue weighted by Gasteiger charge is -2.11. The van der Waals surface area contributed by atoms with Gasteiger partial charge >= 0.3 is 11.9 Å². The molecule has 1 aliphatic heterocycles. The summed E-state index contributed by atoms with van der Waals surface area (Å²) in [7, 11) is 0. The lowest BCUT2D eigenvalue weighted by Crippen LogP contribution is -2.19. The highest BCUT2D eigenvalue weighted by Gasteiger charge is 2.18. The third-order valence-corrected chi connectivity index (χ3v) is 4.40. The summed E-state index contributed by atoms with van der Waals surface area (Å²) in [6, 6.07) is 12.0. The van der Waals surface area contributed by atoms with Gasteiger partial charge in [0.2, 0.25) is 0 Å². The molecule has 0 spiro atoms. The number of rotatable bonds is 7. The van der Waals surface area contributed by atoms with E-state index in [9.17, 15) is 9.59 Å². The first kappa shape index (κ1) is 19.9. The Kier molecular flexibility index (Phi) is 6.66. The molecule has 1 fully saturated rings. The van der Waals surface area contributed by atoms with Crippen molar-refractivity contribution < 1.29 is 28.5 Å². The minimum Gasteiger partial charge on any atom is -0.482 e. The van der Waals surface area contributed by atoms with Gasteiger partial charge in [0.05, 0.1) is 11.7 Å². The Morgan fingerprint density at radius 3 is 2.75 bits per heavy atom. The number of ether oxygens (including phenoxy) is 4. The van der Waals surface area contributed by atoms with Gasteiger partial charge in [-0.2, -0.15) is 0 Å². The van der Waals surface area contributed by atoms with Crippen molar-refractivity contribution in [3.8, 4) is 11.5 Å². The third-order valence-electron chi connectivity index (χ3n) is 4.40. The Bertz CT molecular complexity index is 839. The summed E-state index contributed by atoms with van der Waals surface area (Å²) in [6.07, 6.45) is 1.84. The summed E-state index contributed by atoms with van der Waals surface area (Å²) in [5.41, 5.74) is 2.39. The van der Waals surface area contributed by atoms with Crippen LogP contribution in [0, 0.1) is 13.8 Å². The molecular formula is C22H24O6. The lowest BCUT2D eigenvalue weighted by molar-refractivity contribution is -0.136. The third kappa shape index (κ3) is 5.57.